The van der Waals surface area contributed by atoms with Crippen LogP contribution in [0.4, 0.5) is 0 Å². The Hall–Kier alpha value is -1.87. The van der Waals surface area contributed by atoms with Crippen molar-refractivity contribution in [2.24, 2.45) is 0 Å². The molecule has 2 rings (SSSR count). The molecule has 0 radical (unpaired) electrons. The molecule has 2 aromatic rings. The number of hydrogen-bond donors (Lipinski definition) is 0. The first-order chi connectivity index (χ1) is 10.5. The summed E-state index contributed by atoms with van der Waals surface area (Å²) in [5.41, 5.74) is 1.17. The molecule has 0 saturated carbocycles. The molecule has 0 aromatic carbocycles. The van der Waals surface area contributed by atoms with Crippen molar-refractivity contribution in [3.8, 4) is 17.4 Å². The SMILES string of the molecule is CC(C)Oc1nncc(-c2cnnc(SCCN(C)C)n2)n1. The van der Waals surface area contributed by atoms with Gasteiger partial charge in [-0.1, -0.05) is 16.9 Å². The van der Waals surface area contributed by atoms with Gasteiger partial charge in [-0.3, -0.25) is 0 Å². The molecule has 22 heavy (non-hydrogen) atoms. The molecule has 0 unspecified atom stereocenters. The van der Waals surface area contributed by atoms with E-state index in [2.05, 4.69) is 35.3 Å². The molecule has 118 valence electrons. The van der Waals surface area contributed by atoms with Gasteiger partial charge in [-0.05, 0) is 27.9 Å². The fourth-order valence-corrected chi connectivity index (χ4v) is 2.37. The second-order valence-electron chi connectivity index (χ2n) is 5.07. The van der Waals surface area contributed by atoms with Crippen LogP contribution in [0.1, 0.15) is 13.8 Å². The number of nitrogens with zero attached hydrogens (tertiary/aromatic N) is 7. The Morgan fingerprint density at radius 3 is 2.45 bits per heavy atom. The van der Waals surface area contributed by atoms with Gasteiger partial charge in [-0.25, -0.2) is 4.98 Å². The lowest BCUT2D eigenvalue weighted by Gasteiger charge is -2.08. The Balaban J connectivity index is 2.11. The van der Waals surface area contributed by atoms with E-state index in [1.54, 1.807) is 18.0 Å². The molecule has 0 bridgehead atoms. The fourth-order valence-electron chi connectivity index (χ4n) is 1.46. The van der Waals surface area contributed by atoms with E-state index in [4.69, 9.17) is 4.74 Å². The maximum Gasteiger partial charge on any atom is 0.336 e. The molecule has 0 saturated heterocycles. The monoisotopic (exact) mass is 321 g/mol. The molecule has 0 spiro atoms. The first-order valence-electron chi connectivity index (χ1n) is 6.88. The van der Waals surface area contributed by atoms with Crippen LogP contribution in [0, 0.1) is 0 Å². The molecule has 2 heterocycles. The van der Waals surface area contributed by atoms with Gasteiger partial charge < -0.3 is 9.64 Å². The van der Waals surface area contributed by atoms with Gasteiger partial charge in [0, 0.05) is 12.3 Å². The summed E-state index contributed by atoms with van der Waals surface area (Å²) in [4.78, 5) is 10.8. The first-order valence-corrected chi connectivity index (χ1v) is 7.87. The zero-order chi connectivity index (χ0) is 15.9. The van der Waals surface area contributed by atoms with E-state index in [1.807, 2.05) is 27.9 Å². The van der Waals surface area contributed by atoms with Crippen LogP contribution in [0.2, 0.25) is 0 Å². The van der Waals surface area contributed by atoms with Gasteiger partial charge in [0.05, 0.1) is 18.5 Å². The average Bonchev–Trinajstić information content (AvgIpc) is 2.47. The predicted molar refractivity (Wildman–Crippen MR) is 83.7 cm³/mol. The Morgan fingerprint density at radius 1 is 1.09 bits per heavy atom. The van der Waals surface area contributed by atoms with E-state index in [1.165, 1.54) is 6.20 Å². The van der Waals surface area contributed by atoms with Gasteiger partial charge in [0.25, 0.3) is 0 Å². The predicted octanol–water partition coefficient (Wildman–Crippen LogP) is 1.16. The Bertz CT molecular complexity index is 608. The van der Waals surface area contributed by atoms with Crippen LogP contribution in [0.15, 0.2) is 17.6 Å². The van der Waals surface area contributed by atoms with Crippen LogP contribution in [0.5, 0.6) is 6.01 Å². The summed E-state index contributed by atoms with van der Waals surface area (Å²) in [6.07, 6.45) is 3.07. The second-order valence-corrected chi connectivity index (χ2v) is 6.13. The summed E-state index contributed by atoms with van der Waals surface area (Å²) in [5.74, 6) is 0.891. The highest BCUT2D eigenvalue weighted by molar-refractivity contribution is 7.99. The summed E-state index contributed by atoms with van der Waals surface area (Å²) in [6, 6.07) is 0.230. The average molecular weight is 321 g/mol. The van der Waals surface area contributed by atoms with Gasteiger partial charge >= 0.3 is 6.01 Å². The second kappa shape index (κ2) is 7.95. The minimum atomic E-state index is -0.0160. The van der Waals surface area contributed by atoms with Crippen LogP contribution in [0.25, 0.3) is 11.4 Å². The Labute approximate surface area is 133 Å². The zero-order valence-corrected chi connectivity index (χ0v) is 13.9. The van der Waals surface area contributed by atoms with E-state index >= 15 is 0 Å². The number of aromatic nitrogens is 6. The minimum Gasteiger partial charge on any atom is -0.460 e. The molecule has 0 aliphatic rings. The zero-order valence-electron chi connectivity index (χ0n) is 13.1. The van der Waals surface area contributed by atoms with Crippen LogP contribution >= 0.6 is 11.8 Å². The third-order valence-electron chi connectivity index (χ3n) is 2.45. The van der Waals surface area contributed by atoms with Crippen molar-refractivity contribution >= 4 is 11.8 Å². The molecule has 0 aliphatic carbocycles. The van der Waals surface area contributed by atoms with Crippen molar-refractivity contribution in [3.63, 3.8) is 0 Å². The fraction of sp³-hybridized carbons (Fsp3) is 0.538. The van der Waals surface area contributed by atoms with Crippen molar-refractivity contribution < 1.29 is 4.74 Å². The third kappa shape index (κ3) is 5.15. The van der Waals surface area contributed by atoms with Crippen molar-refractivity contribution in [1.29, 1.82) is 0 Å². The van der Waals surface area contributed by atoms with E-state index in [0.717, 1.165) is 12.3 Å². The van der Waals surface area contributed by atoms with Crippen LogP contribution in [-0.2, 0) is 0 Å². The number of hydrogen-bond acceptors (Lipinski definition) is 9. The molecular formula is C13H19N7OS. The topological polar surface area (TPSA) is 89.8 Å². The van der Waals surface area contributed by atoms with Gasteiger partial charge in [0.1, 0.15) is 11.4 Å². The maximum absolute atomic E-state index is 5.44. The van der Waals surface area contributed by atoms with Gasteiger partial charge in [-0.15, -0.1) is 5.10 Å². The molecule has 0 atom stereocenters. The summed E-state index contributed by atoms with van der Waals surface area (Å²) in [6.45, 7) is 4.75. The Kier molecular flexibility index (Phi) is 5.96. The van der Waals surface area contributed by atoms with E-state index in [-0.39, 0.29) is 12.1 Å². The molecule has 0 N–H and O–H groups in total. The molecule has 0 amide bonds. The van der Waals surface area contributed by atoms with E-state index in [0.29, 0.717) is 16.5 Å². The molecule has 9 heteroatoms. The lowest BCUT2D eigenvalue weighted by atomic mass is 10.3. The summed E-state index contributed by atoms with van der Waals surface area (Å²) < 4.78 is 5.44. The minimum absolute atomic E-state index is 0.0160. The van der Waals surface area contributed by atoms with Gasteiger partial charge in [-0.2, -0.15) is 15.2 Å². The molecular weight excluding hydrogens is 302 g/mol. The lowest BCUT2D eigenvalue weighted by Crippen LogP contribution is -2.15. The molecule has 8 nitrogen and oxygen atoms in total. The smallest absolute Gasteiger partial charge is 0.336 e. The van der Waals surface area contributed by atoms with Crippen molar-refractivity contribution in [1.82, 2.24) is 35.3 Å². The van der Waals surface area contributed by atoms with Gasteiger partial charge in [0.2, 0.25) is 5.16 Å². The third-order valence-corrected chi connectivity index (χ3v) is 3.27. The maximum atomic E-state index is 5.44. The quantitative estimate of drug-likeness (QED) is 0.697. The first kappa shape index (κ1) is 16.5. The molecule has 2 aromatic heterocycles. The van der Waals surface area contributed by atoms with E-state index in [9.17, 15) is 0 Å². The number of ether oxygens (including phenoxy) is 1. The van der Waals surface area contributed by atoms with Gasteiger partial charge in [0.15, 0.2) is 0 Å². The van der Waals surface area contributed by atoms with Crippen LogP contribution < -0.4 is 4.74 Å². The van der Waals surface area contributed by atoms with Crippen LogP contribution in [-0.4, -0.2) is 67.8 Å². The summed E-state index contributed by atoms with van der Waals surface area (Å²) >= 11 is 1.55. The van der Waals surface area contributed by atoms with E-state index < -0.39 is 0 Å². The van der Waals surface area contributed by atoms with Crippen LogP contribution in [0.3, 0.4) is 0 Å². The highest BCUT2D eigenvalue weighted by atomic mass is 32.2. The Morgan fingerprint density at radius 2 is 1.77 bits per heavy atom. The summed E-state index contributed by atoms with van der Waals surface area (Å²) in [7, 11) is 4.05. The van der Waals surface area contributed by atoms with Crippen molar-refractivity contribution in [2.75, 3.05) is 26.4 Å². The number of rotatable bonds is 7. The number of thioether (sulfide) groups is 1. The highest BCUT2D eigenvalue weighted by Gasteiger charge is 2.09. The molecule has 0 fully saturated rings. The van der Waals surface area contributed by atoms with Crippen molar-refractivity contribution in [3.05, 3.63) is 12.4 Å². The summed E-state index contributed by atoms with van der Waals surface area (Å²) in [5, 5.41) is 16.3. The van der Waals surface area contributed by atoms with Crippen molar-refractivity contribution in [2.45, 2.75) is 25.1 Å². The lowest BCUT2D eigenvalue weighted by molar-refractivity contribution is 0.219. The molecule has 0 aliphatic heterocycles. The highest BCUT2D eigenvalue weighted by Crippen LogP contribution is 2.18. The standard InChI is InChI=1S/C13H19N7OS/c1-9(2)21-12-16-10(7-14-18-12)11-8-15-19-13(17-11)22-6-5-20(3)4/h7-9H,5-6H2,1-4H3. The largest absolute Gasteiger partial charge is 0.460 e. The normalized spacial score (nSPS) is 11.2.